The number of nitrogens with one attached hydrogen (secondary N) is 3. The first-order valence-electron chi connectivity index (χ1n) is 6.15. The van der Waals surface area contributed by atoms with Crippen LogP contribution in [0, 0.1) is 11.3 Å². The Kier molecular flexibility index (Phi) is 3.31. The molecule has 3 aromatic rings. The molecule has 6 nitrogen and oxygen atoms in total. The van der Waals surface area contributed by atoms with Crippen LogP contribution in [-0.4, -0.2) is 20.2 Å². The van der Waals surface area contributed by atoms with Gasteiger partial charge in [-0.15, -0.1) is 0 Å². The van der Waals surface area contributed by atoms with E-state index in [1.807, 2.05) is 18.2 Å². The Morgan fingerprint density at radius 2 is 2.35 bits per heavy atom. The molecule has 0 fully saturated rings. The third kappa shape index (κ3) is 2.21. The minimum Gasteiger partial charge on any atom is -0.336 e. The second kappa shape index (κ2) is 5.27. The molecule has 0 radical (unpaired) electrons. The number of H-pyrrole nitrogens is 2. The van der Waals surface area contributed by atoms with Crippen molar-refractivity contribution in [2.24, 2.45) is 0 Å². The molecule has 100 valence electrons. The van der Waals surface area contributed by atoms with Crippen molar-refractivity contribution in [3.63, 3.8) is 0 Å². The zero-order valence-electron chi connectivity index (χ0n) is 10.8. The van der Waals surface area contributed by atoms with Crippen molar-refractivity contribution in [2.45, 2.75) is 18.4 Å². The van der Waals surface area contributed by atoms with E-state index in [1.54, 1.807) is 6.20 Å². The van der Waals surface area contributed by atoms with Gasteiger partial charge in [-0.1, -0.05) is 13.0 Å². The summed E-state index contributed by atoms with van der Waals surface area (Å²) in [5.74, 6) is 0.959. The lowest BCUT2D eigenvalue weighted by atomic mass is 10.2. The van der Waals surface area contributed by atoms with Crippen LogP contribution in [0.3, 0.4) is 0 Å². The van der Waals surface area contributed by atoms with Crippen LogP contribution in [-0.2, 0) is 6.42 Å². The molecular weight excluding hydrogens is 272 g/mol. The highest BCUT2D eigenvalue weighted by Gasteiger charge is 2.09. The van der Waals surface area contributed by atoms with Crippen molar-refractivity contribution in [1.82, 2.24) is 20.2 Å². The fraction of sp³-hybridized carbons (Fsp3) is 0.154. The molecule has 0 saturated heterocycles. The van der Waals surface area contributed by atoms with Gasteiger partial charge in [0.15, 0.2) is 5.69 Å². The number of aromatic amines is 2. The van der Waals surface area contributed by atoms with Crippen LogP contribution in [0.25, 0.3) is 10.9 Å². The first-order chi connectivity index (χ1) is 9.81. The first-order valence-corrected chi connectivity index (χ1v) is 6.97. The van der Waals surface area contributed by atoms with E-state index >= 15 is 0 Å². The maximum atomic E-state index is 8.98. The molecule has 20 heavy (non-hydrogen) atoms. The Labute approximate surface area is 119 Å². The summed E-state index contributed by atoms with van der Waals surface area (Å²) in [6.45, 7) is 2.05. The maximum absolute atomic E-state index is 8.98. The van der Waals surface area contributed by atoms with Gasteiger partial charge in [-0.25, -0.2) is 4.98 Å². The number of hydrogen-bond donors (Lipinski definition) is 3. The van der Waals surface area contributed by atoms with Gasteiger partial charge in [-0.05, 0) is 12.1 Å². The topological polar surface area (TPSA) is 93.2 Å². The van der Waals surface area contributed by atoms with E-state index in [2.05, 4.69) is 37.9 Å². The number of nitrogens with zero attached hydrogens (tertiary/aromatic N) is 3. The highest BCUT2D eigenvalue weighted by Crippen LogP contribution is 2.27. The van der Waals surface area contributed by atoms with Crippen LogP contribution in [0.15, 0.2) is 29.4 Å². The van der Waals surface area contributed by atoms with E-state index in [0.717, 1.165) is 33.9 Å². The van der Waals surface area contributed by atoms with E-state index in [1.165, 1.54) is 11.9 Å². The van der Waals surface area contributed by atoms with Crippen molar-refractivity contribution >= 4 is 28.5 Å². The lowest BCUT2D eigenvalue weighted by Gasteiger charge is -2.04. The highest BCUT2D eigenvalue weighted by molar-refractivity contribution is 8.00. The Morgan fingerprint density at radius 1 is 1.45 bits per heavy atom. The standard InChI is InChI=1S/C13H12N6S/c1-2-11-15-7-12(16-11)20-19-9-5-3-4-8-10(6-14)17-18-13(8)9/h3-5,7,19H,2H2,1H3,(H,15,16)(H,17,18). The molecule has 0 atom stereocenters. The lowest BCUT2D eigenvalue weighted by molar-refractivity contribution is 0.971. The van der Waals surface area contributed by atoms with Crippen molar-refractivity contribution in [3.8, 4) is 6.07 Å². The van der Waals surface area contributed by atoms with Gasteiger partial charge >= 0.3 is 0 Å². The summed E-state index contributed by atoms with van der Waals surface area (Å²) in [7, 11) is 0. The molecule has 3 rings (SSSR count). The van der Waals surface area contributed by atoms with Crippen molar-refractivity contribution in [1.29, 1.82) is 5.26 Å². The van der Waals surface area contributed by atoms with E-state index in [4.69, 9.17) is 5.26 Å². The second-order valence-corrected chi connectivity index (χ2v) is 5.01. The monoisotopic (exact) mass is 284 g/mol. The van der Waals surface area contributed by atoms with Crippen LogP contribution in [0.2, 0.25) is 0 Å². The van der Waals surface area contributed by atoms with Gasteiger partial charge in [0.05, 0.1) is 17.4 Å². The summed E-state index contributed by atoms with van der Waals surface area (Å²) in [4.78, 5) is 7.46. The summed E-state index contributed by atoms with van der Waals surface area (Å²) >= 11 is 1.44. The largest absolute Gasteiger partial charge is 0.336 e. The summed E-state index contributed by atoms with van der Waals surface area (Å²) in [5, 5.41) is 17.6. The molecule has 7 heteroatoms. The van der Waals surface area contributed by atoms with Crippen LogP contribution >= 0.6 is 11.9 Å². The minimum absolute atomic E-state index is 0.406. The summed E-state index contributed by atoms with van der Waals surface area (Å²) < 4.78 is 3.24. The Hall–Kier alpha value is -2.46. The number of aryl methyl sites for hydroxylation is 1. The molecule has 0 saturated carbocycles. The molecule has 0 aliphatic rings. The summed E-state index contributed by atoms with van der Waals surface area (Å²) in [5.41, 5.74) is 2.12. The van der Waals surface area contributed by atoms with Crippen LogP contribution in [0.1, 0.15) is 18.4 Å². The Morgan fingerprint density at radius 3 is 3.10 bits per heavy atom. The van der Waals surface area contributed by atoms with Crippen molar-refractivity contribution < 1.29 is 0 Å². The molecule has 0 unspecified atom stereocenters. The van der Waals surface area contributed by atoms with E-state index in [-0.39, 0.29) is 0 Å². The lowest BCUT2D eigenvalue weighted by Crippen LogP contribution is -1.89. The molecule has 3 N–H and O–H groups in total. The van der Waals surface area contributed by atoms with Crippen molar-refractivity contribution in [2.75, 3.05) is 4.72 Å². The maximum Gasteiger partial charge on any atom is 0.170 e. The average molecular weight is 284 g/mol. The second-order valence-electron chi connectivity index (χ2n) is 4.16. The van der Waals surface area contributed by atoms with Crippen LogP contribution in [0.5, 0.6) is 0 Å². The van der Waals surface area contributed by atoms with E-state index < -0.39 is 0 Å². The van der Waals surface area contributed by atoms with Crippen LogP contribution in [0.4, 0.5) is 5.69 Å². The molecule has 2 aromatic heterocycles. The number of benzene rings is 1. The summed E-state index contributed by atoms with van der Waals surface area (Å²) in [6, 6.07) is 7.77. The fourth-order valence-electron chi connectivity index (χ4n) is 1.90. The van der Waals surface area contributed by atoms with E-state index in [0.29, 0.717) is 5.69 Å². The molecule has 0 spiro atoms. The molecule has 2 heterocycles. The van der Waals surface area contributed by atoms with Gasteiger partial charge in [0.25, 0.3) is 0 Å². The zero-order chi connectivity index (χ0) is 13.9. The predicted molar refractivity (Wildman–Crippen MR) is 78.3 cm³/mol. The highest BCUT2D eigenvalue weighted by atomic mass is 32.2. The van der Waals surface area contributed by atoms with Gasteiger partial charge in [-0.3, -0.25) is 5.10 Å². The van der Waals surface area contributed by atoms with Gasteiger partial charge < -0.3 is 9.71 Å². The minimum atomic E-state index is 0.406. The molecule has 0 aliphatic carbocycles. The third-order valence-corrected chi connectivity index (χ3v) is 3.67. The number of rotatable bonds is 4. The van der Waals surface area contributed by atoms with Crippen LogP contribution < -0.4 is 4.72 Å². The SMILES string of the molecule is CCc1ncc(SNc2cccc3c(C#N)n[nH]c23)[nH]1. The number of hydrogen-bond acceptors (Lipinski definition) is 5. The van der Waals surface area contributed by atoms with Gasteiger partial charge in [0.1, 0.15) is 16.9 Å². The normalized spacial score (nSPS) is 10.6. The number of fused-ring (bicyclic) bond motifs is 1. The van der Waals surface area contributed by atoms with Gasteiger partial charge in [-0.2, -0.15) is 10.4 Å². The molecule has 0 bridgehead atoms. The Bertz CT molecular complexity index is 782. The molecule has 1 aromatic carbocycles. The number of nitriles is 1. The Balaban J connectivity index is 1.84. The number of aromatic nitrogens is 4. The quantitative estimate of drug-likeness (QED) is 0.640. The number of anilines is 1. The van der Waals surface area contributed by atoms with Gasteiger partial charge in [0.2, 0.25) is 0 Å². The fourth-order valence-corrected chi connectivity index (χ4v) is 2.56. The average Bonchev–Trinajstić information content (AvgIpc) is 3.11. The van der Waals surface area contributed by atoms with Gasteiger partial charge in [0, 0.05) is 23.8 Å². The molecule has 0 aliphatic heterocycles. The number of para-hydroxylation sites is 1. The summed E-state index contributed by atoms with van der Waals surface area (Å²) in [6.07, 6.45) is 2.67. The smallest absolute Gasteiger partial charge is 0.170 e. The molecular formula is C13H12N6S. The number of imidazole rings is 1. The van der Waals surface area contributed by atoms with Crippen molar-refractivity contribution in [3.05, 3.63) is 35.9 Å². The zero-order valence-corrected chi connectivity index (χ0v) is 11.6. The third-order valence-electron chi connectivity index (χ3n) is 2.92. The predicted octanol–water partition coefficient (Wildman–Crippen LogP) is 2.84. The molecule has 0 amide bonds. The van der Waals surface area contributed by atoms with E-state index in [9.17, 15) is 0 Å². The first kappa shape index (κ1) is 12.6.